The molecule has 0 aromatic heterocycles. The second kappa shape index (κ2) is 7.50. The Kier molecular flexibility index (Phi) is 6.31. The number of amides is 1. The molecular weight excluding hydrogens is 265 g/mol. The van der Waals surface area contributed by atoms with Gasteiger partial charge in [-0.1, -0.05) is 19.1 Å². The molecule has 2 N–H and O–H groups in total. The predicted molar refractivity (Wildman–Crippen MR) is 76.6 cm³/mol. The van der Waals surface area contributed by atoms with Gasteiger partial charge in [0, 0.05) is 0 Å². The molecule has 1 atom stereocenters. The van der Waals surface area contributed by atoms with Gasteiger partial charge < -0.3 is 10.4 Å². The van der Waals surface area contributed by atoms with Crippen LogP contribution in [0.4, 0.5) is 4.39 Å². The topological polar surface area (TPSA) is 49.3 Å². The maximum atomic E-state index is 12.8. The summed E-state index contributed by atoms with van der Waals surface area (Å²) in [6.07, 6.45) is 1.03. The zero-order chi connectivity index (χ0) is 14.3. The average Bonchev–Trinajstić information content (AvgIpc) is 2.37. The van der Waals surface area contributed by atoms with E-state index in [4.69, 9.17) is 0 Å². The SMILES string of the molecule is CCCSCC(=O)NCC(C)(O)c1ccc(F)cc1. The van der Waals surface area contributed by atoms with Crippen LogP contribution in [0.25, 0.3) is 0 Å². The van der Waals surface area contributed by atoms with Gasteiger partial charge in [-0.05, 0) is 36.8 Å². The lowest BCUT2D eigenvalue weighted by molar-refractivity contribution is -0.119. The first-order valence-electron chi connectivity index (χ1n) is 6.28. The first kappa shape index (κ1) is 16.0. The molecule has 0 bridgehead atoms. The Morgan fingerprint density at radius 3 is 2.63 bits per heavy atom. The molecule has 106 valence electrons. The van der Waals surface area contributed by atoms with Crippen LogP contribution in [-0.4, -0.2) is 29.1 Å². The fraction of sp³-hybridized carbons (Fsp3) is 0.500. The maximum absolute atomic E-state index is 12.8. The van der Waals surface area contributed by atoms with Crippen molar-refractivity contribution in [1.82, 2.24) is 5.32 Å². The number of carbonyl (C=O) groups excluding carboxylic acids is 1. The smallest absolute Gasteiger partial charge is 0.230 e. The molecule has 0 aliphatic rings. The Morgan fingerprint density at radius 2 is 2.05 bits per heavy atom. The normalized spacial score (nSPS) is 13.9. The van der Waals surface area contributed by atoms with E-state index in [2.05, 4.69) is 12.2 Å². The number of aliphatic hydroxyl groups is 1. The molecule has 0 fully saturated rings. The van der Waals surface area contributed by atoms with E-state index in [0.717, 1.165) is 12.2 Å². The number of hydrogen-bond donors (Lipinski definition) is 2. The van der Waals surface area contributed by atoms with Crippen LogP contribution in [0.3, 0.4) is 0 Å². The van der Waals surface area contributed by atoms with E-state index in [1.54, 1.807) is 18.7 Å². The Labute approximate surface area is 117 Å². The van der Waals surface area contributed by atoms with Crippen molar-refractivity contribution in [3.05, 3.63) is 35.6 Å². The molecule has 3 nitrogen and oxygen atoms in total. The molecule has 0 saturated carbocycles. The van der Waals surface area contributed by atoms with Gasteiger partial charge >= 0.3 is 0 Å². The highest BCUT2D eigenvalue weighted by Gasteiger charge is 2.23. The third kappa shape index (κ3) is 5.61. The summed E-state index contributed by atoms with van der Waals surface area (Å²) in [5.41, 5.74) is -0.617. The van der Waals surface area contributed by atoms with E-state index >= 15 is 0 Å². The summed E-state index contributed by atoms with van der Waals surface area (Å²) in [4.78, 5) is 11.5. The molecule has 0 aliphatic carbocycles. The molecule has 1 unspecified atom stereocenters. The van der Waals surface area contributed by atoms with E-state index in [9.17, 15) is 14.3 Å². The van der Waals surface area contributed by atoms with Gasteiger partial charge in [0.25, 0.3) is 0 Å². The minimum absolute atomic E-state index is 0.0964. The predicted octanol–water partition coefficient (Wildman–Crippen LogP) is 2.29. The van der Waals surface area contributed by atoms with Crippen molar-refractivity contribution in [2.75, 3.05) is 18.1 Å². The average molecular weight is 285 g/mol. The third-order valence-electron chi connectivity index (χ3n) is 2.68. The van der Waals surface area contributed by atoms with Crippen molar-refractivity contribution >= 4 is 17.7 Å². The molecule has 5 heteroatoms. The van der Waals surface area contributed by atoms with Crippen LogP contribution in [0, 0.1) is 5.82 Å². The van der Waals surface area contributed by atoms with Crippen LogP contribution in [-0.2, 0) is 10.4 Å². The highest BCUT2D eigenvalue weighted by molar-refractivity contribution is 7.99. The van der Waals surface area contributed by atoms with E-state index in [0.29, 0.717) is 11.3 Å². The molecule has 1 amide bonds. The highest BCUT2D eigenvalue weighted by Crippen LogP contribution is 2.19. The van der Waals surface area contributed by atoms with Crippen molar-refractivity contribution in [1.29, 1.82) is 0 Å². The Hall–Kier alpha value is -1.07. The number of hydrogen-bond acceptors (Lipinski definition) is 3. The molecular formula is C14H20FNO2S. The second-order valence-corrected chi connectivity index (χ2v) is 5.72. The molecule has 0 saturated heterocycles. The zero-order valence-electron chi connectivity index (χ0n) is 11.3. The van der Waals surface area contributed by atoms with Crippen LogP contribution in [0.2, 0.25) is 0 Å². The standard InChI is InChI=1S/C14H20FNO2S/c1-3-8-19-9-13(17)16-10-14(2,18)11-4-6-12(15)7-5-11/h4-7,18H,3,8-10H2,1-2H3,(H,16,17). The summed E-state index contributed by atoms with van der Waals surface area (Å²) in [6, 6.07) is 5.63. The minimum atomic E-state index is -1.20. The summed E-state index contributed by atoms with van der Waals surface area (Å²) < 4.78 is 12.8. The molecule has 1 aromatic carbocycles. The van der Waals surface area contributed by atoms with Crippen LogP contribution in [0.5, 0.6) is 0 Å². The molecule has 1 rings (SSSR count). The monoisotopic (exact) mass is 285 g/mol. The number of nitrogens with one attached hydrogen (secondary N) is 1. The summed E-state index contributed by atoms with van der Waals surface area (Å²) in [7, 11) is 0. The fourth-order valence-corrected chi connectivity index (χ4v) is 2.26. The lowest BCUT2D eigenvalue weighted by Crippen LogP contribution is -2.39. The maximum Gasteiger partial charge on any atom is 0.230 e. The lowest BCUT2D eigenvalue weighted by Gasteiger charge is -2.24. The quantitative estimate of drug-likeness (QED) is 0.756. The Morgan fingerprint density at radius 1 is 1.42 bits per heavy atom. The molecule has 1 aromatic rings. The van der Waals surface area contributed by atoms with Gasteiger partial charge in [0.2, 0.25) is 5.91 Å². The van der Waals surface area contributed by atoms with Crippen molar-refractivity contribution in [3.63, 3.8) is 0 Å². The van der Waals surface area contributed by atoms with Crippen molar-refractivity contribution in [3.8, 4) is 0 Å². The number of carbonyl (C=O) groups is 1. The van der Waals surface area contributed by atoms with Gasteiger partial charge in [-0.3, -0.25) is 4.79 Å². The van der Waals surface area contributed by atoms with Gasteiger partial charge in [-0.2, -0.15) is 11.8 Å². The largest absolute Gasteiger partial charge is 0.384 e. The van der Waals surface area contributed by atoms with Crippen LogP contribution in [0.1, 0.15) is 25.8 Å². The Balaban J connectivity index is 2.46. The van der Waals surface area contributed by atoms with Gasteiger partial charge in [-0.15, -0.1) is 0 Å². The number of halogens is 1. The van der Waals surface area contributed by atoms with Crippen molar-refractivity contribution < 1.29 is 14.3 Å². The molecule has 0 spiro atoms. The molecule has 0 heterocycles. The number of thioether (sulfide) groups is 1. The van der Waals surface area contributed by atoms with Crippen molar-refractivity contribution in [2.45, 2.75) is 25.9 Å². The molecule has 0 aliphatic heterocycles. The minimum Gasteiger partial charge on any atom is -0.384 e. The summed E-state index contributed by atoms with van der Waals surface area (Å²) in [6.45, 7) is 3.77. The van der Waals surface area contributed by atoms with E-state index < -0.39 is 5.60 Å². The third-order valence-corrected chi connectivity index (χ3v) is 3.84. The molecule has 19 heavy (non-hydrogen) atoms. The van der Waals surface area contributed by atoms with E-state index in [-0.39, 0.29) is 18.3 Å². The number of rotatable bonds is 7. The zero-order valence-corrected chi connectivity index (χ0v) is 12.1. The van der Waals surface area contributed by atoms with Crippen LogP contribution in [0.15, 0.2) is 24.3 Å². The first-order valence-corrected chi connectivity index (χ1v) is 7.44. The highest BCUT2D eigenvalue weighted by atomic mass is 32.2. The molecule has 0 radical (unpaired) electrons. The fourth-order valence-electron chi connectivity index (χ4n) is 1.54. The van der Waals surface area contributed by atoms with E-state index in [1.807, 2.05) is 0 Å². The summed E-state index contributed by atoms with van der Waals surface area (Å²) >= 11 is 1.57. The van der Waals surface area contributed by atoms with Crippen molar-refractivity contribution in [2.24, 2.45) is 0 Å². The van der Waals surface area contributed by atoms with Gasteiger partial charge in [0.15, 0.2) is 0 Å². The first-order chi connectivity index (χ1) is 8.95. The van der Waals surface area contributed by atoms with Crippen LogP contribution >= 0.6 is 11.8 Å². The number of benzene rings is 1. The van der Waals surface area contributed by atoms with Gasteiger partial charge in [0.1, 0.15) is 11.4 Å². The summed E-state index contributed by atoms with van der Waals surface area (Å²) in [5.74, 6) is 0.898. The lowest BCUT2D eigenvalue weighted by atomic mass is 9.96. The Bertz CT molecular complexity index is 406. The van der Waals surface area contributed by atoms with E-state index in [1.165, 1.54) is 24.3 Å². The van der Waals surface area contributed by atoms with Gasteiger partial charge in [0.05, 0.1) is 12.3 Å². The van der Waals surface area contributed by atoms with Gasteiger partial charge in [-0.25, -0.2) is 4.39 Å². The summed E-state index contributed by atoms with van der Waals surface area (Å²) in [5, 5.41) is 12.9. The van der Waals surface area contributed by atoms with Crippen LogP contribution < -0.4 is 5.32 Å². The second-order valence-electron chi connectivity index (χ2n) is 4.61.